The molecular formula is C55H37ClN2. The molecule has 0 saturated carbocycles. The summed E-state index contributed by atoms with van der Waals surface area (Å²) in [6.45, 7) is 0. The molecule has 0 aliphatic heterocycles. The molecular weight excluding hydrogens is 724 g/mol. The van der Waals surface area contributed by atoms with Gasteiger partial charge in [-0.15, -0.1) is 0 Å². The van der Waals surface area contributed by atoms with Gasteiger partial charge in [0.25, 0.3) is 0 Å². The number of rotatable bonds is 7. The largest absolute Gasteiger partial charge is 0.310 e. The highest BCUT2D eigenvalue weighted by atomic mass is 35.5. The first-order valence-electron chi connectivity index (χ1n) is 19.8. The van der Waals surface area contributed by atoms with Crippen LogP contribution in [0.5, 0.6) is 0 Å². The average molecular weight is 761 g/mol. The SMILES string of the molecule is Clc1cccc(N(c2cccc(-c3ccccc3)c2)c2cccc(N(c3ccccc3)c3ccc4c(c3)C3(c5ccccc5-c5ccccc53)c3ccccc3-4)c2)c1. The fourth-order valence-corrected chi connectivity index (χ4v) is 9.72. The van der Waals surface area contributed by atoms with Crippen LogP contribution in [-0.4, -0.2) is 0 Å². The van der Waals surface area contributed by atoms with Crippen molar-refractivity contribution in [2.75, 3.05) is 9.80 Å². The standard InChI is InChI=1S/C55H37ClN2/c56-40-19-14-23-43(35-40)58(42-22-13-18-39(34-42)38-16-3-1-4-17-38)45-25-15-24-44(36-45)57(41-20-5-2-6-21-41)46-32-33-50-49-28-9-12-31-53(49)55(54(50)37-46)51-29-10-7-26-47(51)48-27-8-11-30-52(48)55/h1-37H. The van der Waals surface area contributed by atoms with Gasteiger partial charge in [-0.25, -0.2) is 0 Å². The zero-order valence-corrected chi connectivity index (χ0v) is 32.4. The Morgan fingerprint density at radius 3 is 1.29 bits per heavy atom. The highest BCUT2D eigenvalue weighted by molar-refractivity contribution is 6.30. The summed E-state index contributed by atoms with van der Waals surface area (Å²) in [5, 5.41) is 0.687. The van der Waals surface area contributed by atoms with Crippen molar-refractivity contribution in [3.05, 3.63) is 252 Å². The van der Waals surface area contributed by atoms with Gasteiger partial charge in [-0.05, 0) is 128 Å². The van der Waals surface area contributed by atoms with Crippen molar-refractivity contribution >= 4 is 45.7 Å². The third-order valence-electron chi connectivity index (χ3n) is 11.9. The Morgan fingerprint density at radius 2 is 0.690 bits per heavy atom. The second kappa shape index (κ2) is 13.8. The van der Waals surface area contributed by atoms with Gasteiger partial charge in [-0.2, -0.15) is 0 Å². The Hall–Kier alpha value is -7.13. The third-order valence-corrected chi connectivity index (χ3v) is 12.1. The molecule has 9 aromatic carbocycles. The summed E-state index contributed by atoms with van der Waals surface area (Å²) in [5.74, 6) is 0. The maximum absolute atomic E-state index is 6.69. The van der Waals surface area contributed by atoms with Gasteiger partial charge in [0.15, 0.2) is 0 Å². The van der Waals surface area contributed by atoms with Crippen molar-refractivity contribution in [2.24, 2.45) is 0 Å². The van der Waals surface area contributed by atoms with Crippen LogP contribution in [0.15, 0.2) is 224 Å². The molecule has 11 rings (SSSR count). The maximum Gasteiger partial charge on any atom is 0.0726 e. The van der Waals surface area contributed by atoms with E-state index in [4.69, 9.17) is 11.6 Å². The monoisotopic (exact) mass is 760 g/mol. The number of hydrogen-bond donors (Lipinski definition) is 0. The Labute approximate surface area is 344 Å². The van der Waals surface area contributed by atoms with Crippen molar-refractivity contribution in [2.45, 2.75) is 5.41 Å². The van der Waals surface area contributed by atoms with E-state index in [1.54, 1.807) is 0 Å². The van der Waals surface area contributed by atoms with E-state index >= 15 is 0 Å². The van der Waals surface area contributed by atoms with E-state index in [9.17, 15) is 0 Å². The fourth-order valence-electron chi connectivity index (χ4n) is 9.53. The minimum atomic E-state index is -0.438. The summed E-state index contributed by atoms with van der Waals surface area (Å²) >= 11 is 6.69. The highest BCUT2D eigenvalue weighted by Gasteiger charge is 2.51. The zero-order chi connectivity index (χ0) is 38.6. The summed E-state index contributed by atoms with van der Waals surface area (Å²) in [6.07, 6.45) is 0. The van der Waals surface area contributed by atoms with Crippen molar-refractivity contribution in [3.63, 3.8) is 0 Å². The fraction of sp³-hybridized carbons (Fsp3) is 0.0182. The van der Waals surface area contributed by atoms with Gasteiger partial charge in [-0.1, -0.05) is 163 Å². The lowest BCUT2D eigenvalue weighted by Gasteiger charge is -2.32. The molecule has 1 spiro atoms. The lowest BCUT2D eigenvalue weighted by molar-refractivity contribution is 0.793. The number of para-hydroxylation sites is 1. The van der Waals surface area contributed by atoms with E-state index in [0.717, 1.165) is 39.7 Å². The molecule has 0 unspecified atom stereocenters. The van der Waals surface area contributed by atoms with Crippen LogP contribution in [0.2, 0.25) is 5.02 Å². The number of halogens is 1. The predicted octanol–water partition coefficient (Wildman–Crippen LogP) is 15.3. The second-order valence-electron chi connectivity index (χ2n) is 15.0. The predicted molar refractivity (Wildman–Crippen MR) is 243 cm³/mol. The molecule has 58 heavy (non-hydrogen) atoms. The van der Waals surface area contributed by atoms with Crippen molar-refractivity contribution in [1.82, 2.24) is 0 Å². The molecule has 0 fully saturated rings. The van der Waals surface area contributed by atoms with Crippen molar-refractivity contribution < 1.29 is 0 Å². The normalized spacial score (nSPS) is 12.7. The summed E-state index contributed by atoms with van der Waals surface area (Å²) < 4.78 is 0. The van der Waals surface area contributed by atoms with Crippen molar-refractivity contribution in [3.8, 4) is 33.4 Å². The van der Waals surface area contributed by atoms with E-state index in [2.05, 4.69) is 216 Å². The highest BCUT2D eigenvalue weighted by Crippen LogP contribution is 2.63. The van der Waals surface area contributed by atoms with Crippen molar-refractivity contribution in [1.29, 1.82) is 0 Å². The Morgan fingerprint density at radius 1 is 0.276 bits per heavy atom. The molecule has 0 bridgehead atoms. The molecule has 0 amide bonds. The third kappa shape index (κ3) is 5.34. The lowest BCUT2D eigenvalue weighted by Crippen LogP contribution is -2.26. The van der Waals surface area contributed by atoms with Crippen LogP contribution in [0, 0.1) is 0 Å². The summed E-state index contributed by atoms with van der Waals surface area (Å²) in [5.41, 5.74) is 18.6. The minimum Gasteiger partial charge on any atom is -0.310 e. The molecule has 3 heteroatoms. The maximum atomic E-state index is 6.69. The van der Waals surface area contributed by atoms with Gasteiger partial charge >= 0.3 is 0 Å². The first kappa shape index (κ1) is 34.1. The molecule has 0 N–H and O–H groups in total. The number of hydrogen-bond acceptors (Lipinski definition) is 2. The molecule has 0 aromatic heterocycles. The van der Waals surface area contributed by atoms with Crippen LogP contribution < -0.4 is 9.80 Å². The molecule has 0 heterocycles. The average Bonchev–Trinajstić information content (AvgIpc) is 3.75. The molecule has 274 valence electrons. The minimum absolute atomic E-state index is 0.438. The first-order valence-corrected chi connectivity index (χ1v) is 20.2. The van der Waals surface area contributed by atoms with Crippen LogP contribution in [0.3, 0.4) is 0 Å². The molecule has 9 aromatic rings. The zero-order valence-electron chi connectivity index (χ0n) is 31.6. The molecule has 0 atom stereocenters. The summed E-state index contributed by atoms with van der Waals surface area (Å²) in [4.78, 5) is 4.69. The second-order valence-corrected chi connectivity index (χ2v) is 15.5. The van der Waals surface area contributed by atoms with E-state index in [1.807, 2.05) is 18.2 Å². The Balaban J connectivity index is 1.11. The number of fused-ring (bicyclic) bond motifs is 10. The Bertz CT molecular complexity index is 2930. The molecule has 0 radical (unpaired) electrons. The molecule has 2 aliphatic rings. The van der Waals surface area contributed by atoms with E-state index in [0.29, 0.717) is 5.02 Å². The van der Waals surface area contributed by atoms with Gasteiger partial charge in [0, 0.05) is 39.1 Å². The van der Waals surface area contributed by atoms with Crippen LogP contribution in [0.1, 0.15) is 22.3 Å². The van der Waals surface area contributed by atoms with Gasteiger partial charge in [0.1, 0.15) is 0 Å². The lowest BCUT2D eigenvalue weighted by atomic mass is 9.70. The van der Waals surface area contributed by atoms with Gasteiger partial charge in [0.05, 0.1) is 5.41 Å². The first-order chi connectivity index (χ1) is 28.7. The van der Waals surface area contributed by atoms with Crippen LogP contribution >= 0.6 is 11.6 Å². The van der Waals surface area contributed by atoms with E-state index < -0.39 is 5.41 Å². The van der Waals surface area contributed by atoms with Crippen LogP contribution in [0.4, 0.5) is 34.1 Å². The Kier molecular flexibility index (Phi) is 8.13. The number of anilines is 6. The van der Waals surface area contributed by atoms with E-state index in [1.165, 1.54) is 50.1 Å². The quantitative estimate of drug-likeness (QED) is 0.160. The van der Waals surface area contributed by atoms with Crippen LogP contribution in [-0.2, 0) is 5.41 Å². The summed E-state index contributed by atoms with van der Waals surface area (Å²) in [7, 11) is 0. The van der Waals surface area contributed by atoms with Gasteiger partial charge < -0.3 is 9.80 Å². The topological polar surface area (TPSA) is 6.48 Å². The smallest absolute Gasteiger partial charge is 0.0726 e. The van der Waals surface area contributed by atoms with E-state index in [-0.39, 0.29) is 0 Å². The number of nitrogens with zero attached hydrogens (tertiary/aromatic N) is 2. The van der Waals surface area contributed by atoms with Gasteiger partial charge in [0.2, 0.25) is 0 Å². The van der Waals surface area contributed by atoms with Crippen LogP contribution in [0.25, 0.3) is 33.4 Å². The number of benzene rings is 9. The molecule has 2 aliphatic carbocycles. The van der Waals surface area contributed by atoms with Gasteiger partial charge in [-0.3, -0.25) is 0 Å². The molecule has 0 saturated heterocycles. The summed E-state index contributed by atoms with van der Waals surface area (Å²) in [6, 6.07) is 81.0. The molecule has 2 nitrogen and oxygen atoms in total.